The number of carbonyl (C=O) groups is 1. The lowest BCUT2D eigenvalue weighted by atomic mass is 9.89. The topological polar surface area (TPSA) is 80.1 Å². The van der Waals surface area contributed by atoms with Gasteiger partial charge in [-0.3, -0.25) is 9.48 Å². The van der Waals surface area contributed by atoms with Crippen LogP contribution < -0.4 is 0 Å². The highest BCUT2D eigenvalue weighted by Crippen LogP contribution is 2.40. The Morgan fingerprint density at radius 2 is 2.03 bits per heavy atom. The SMILES string of the molecule is CN1C(=O)C2=C(OCc3ccccc3)C(O)C(c3cnn(Cc4ccc(F)cc4F)c3)=CN2CC12CCOC2. The molecule has 0 bridgehead atoms. The van der Waals surface area contributed by atoms with Crippen LogP contribution in [0.25, 0.3) is 5.57 Å². The number of halogens is 2. The molecule has 2 aromatic carbocycles. The highest BCUT2D eigenvalue weighted by Gasteiger charge is 2.51. The van der Waals surface area contributed by atoms with Crippen molar-refractivity contribution in [3.8, 4) is 0 Å². The van der Waals surface area contributed by atoms with Crippen molar-refractivity contribution in [3.05, 3.63) is 107 Å². The molecule has 39 heavy (non-hydrogen) atoms. The number of aromatic nitrogens is 2. The first-order chi connectivity index (χ1) is 18.8. The first kappa shape index (κ1) is 25.3. The van der Waals surface area contributed by atoms with Gasteiger partial charge in [-0.05, 0) is 18.1 Å². The van der Waals surface area contributed by atoms with Crippen molar-refractivity contribution in [1.82, 2.24) is 19.6 Å². The standard InChI is InChI=1S/C29H28F2N4O4/c1-33-28(37)25-27(39-16-19-5-3-2-4-6-19)26(36)23(15-34(25)17-29(33)9-10-38-18-29)21-12-32-35(14-21)13-20-7-8-22(30)11-24(20)31/h2-8,11-12,14-15,26,36H,9-10,13,16-18H2,1H3. The van der Waals surface area contributed by atoms with Gasteiger partial charge in [-0.15, -0.1) is 0 Å². The molecule has 3 aliphatic rings. The third-order valence-electron chi connectivity index (χ3n) is 7.68. The third kappa shape index (κ3) is 4.59. The van der Waals surface area contributed by atoms with Gasteiger partial charge >= 0.3 is 0 Å². The Morgan fingerprint density at radius 3 is 2.77 bits per heavy atom. The number of aliphatic hydroxyl groups is 1. The van der Waals surface area contributed by atoms with Crippen LogP contribution in [0.3, 0.4) is 0 Å². The molecule has 1 aromatic heterocycles. The summed E-state index contributed by atoms with van der Waals surface area (Å²) in [6.45, 7) is 1.72. The highest BCUT2D eigenvalue weighted by molar-refractivity contribution is 5.97. The second-order valence-corrected chi connectivity index (χ2v) is 10.2. The lowest BCUT2D eigenvalue weighted by Crippen LogP contribution is -2.62. The third-order valence-corrected chi connectivity index (χ3v) is 7.68. The lowest BCUT2D eigenvalue weighted by molar-refractivity contribution is -0.138. The van der Waals surface area contributed by atoms with E-state index in [1.54, 1.807) is 30.5 Å². The summed E-state index contributed by atoms with van der Waals surface area (Å²) in [6, 6.07) is 12.9. The molecule has 3 aliphatic heterocycles. The summed E-state index contributed by atoms with van der Waals surface area (Å²) >= 11 is 0. The summed E-state index contributed by atoms with van der Waals surface area (Å²) in [5.41, 5.74) is 2.08. The molecule has 1 amide bonds. The molecule has 202 valence electrons. The first-order valence-corrected chi connectivity index (χ1v) is 12.7. The number of rotatable bonds is 6. The minimum Gasteiger partial charge on any atom is -0.488 e. The Hall–Kier alpha value is -4.02. The van der Waals surface area contributed by atoms with E-state index in [0.29, 0.717) is 43.0 Å². The zero-order valence-electron chi connectivity index (χ0n) is 21.4. The summed E-state index contributed by atoms with van der Waals surface area (Å²) < 4.78 is 40.9. The fraction of sp³-hybridized carbons (Fsp3) is 0.310. The molecule has 0 aliphatic carbocycles. The van der Waals surface area contributed by atoms with Crippen molar-refractivity contribution in [2.45, 2.75) is 31.2 Å². The molecule has 2 fully saturated rings. The van der Waals surface area contributed by atoms with E-state index < -0.39 is 23.3 Å². The number of benzene rings is 2. The number of fused-ring (bicyclic) bond motifs is 1. The van der Waals surface area contributed by atoms with Crippen LogP contribution in [0.2, 0.25) is 0 Å². The number of ether oxygens (including phenoxy) is 2. The van der Waals surface area contributed by atoms with Gasteiger partial charge in [-0.1, -0.05) is 36.4 Å². The zero-order valence-corrected chi connectivity index (χ0v) is 21.4. The Balaban J connectivity index is 1.34. The van der Waals surface area contributed by atoms with Crippen molar-refractivity contribution in [1.29, 1.82) is 0 Å². The number of piperazine rings is 1. The second-order valence-electron chi connectivity index (χ2n) is 10.2. The van der Waals surface area contributed by atoms with E-state index in [1.807, 2.05) is 35.2 Å². The predicted molar refractivity (Wildman–Crippen MR) is 138 cm³/mol. The molecule has 2 saturated heterocycles. The van der Waals surface area contributed by atoms with Gasteiger partial charge in [-0.2, -0.15) is 5.10 Å². The van der Waals surface area contributed by atoms with Gasteiger partial charge in [0.25, 0.3) is 5.91 Å². The summed E-state index contributed by atoms with van der Waals surface area (Å²) in [6.07, 6.45) is 4.49. The summed E-state index contributed by atoms with van der Waals surface area (Å²) in [5, 5.41) is 15.9. The maximum atomic E-state index is 14.2. The molecule has 3 aromatic rings. The van der Waals surface area contributed by atoms with Crippen molar-refractivity contribution in [3.63, 3.8) is 0 Å². The predicted octanol–water partition coefficient (Wildman–Crippen LogP) is 3.29. The quantitative estimate of drug-likeness (QED) is 0.523. The fourth-order valence-electron chi connectivity index (χ4n) is 5.39. The highest BCUT2D eigenvalue weighted by atomic mass is 19.1. The monoisotopic (exact) mass is 534 g/mol. The summed E-state index contributed by atoms with van der Waals surface area (Å²) in [7, 11) is 1.76. The Kier molecular flexibility index (Phi) is 6.44. The lowest BCUT2D eigenvalue weighted by Gasteiger charge is -2.48. The largest absolute Gasteiger partial charge is 0.488 e. The van der Waals surface area contributed by atoms with Crippen LogP contribution >= 0.6 is 0 Å². The zero-order chi connectivity index (χ0) is 27.1. The molecule has 2 unspecified atom stereocenters. The molecule has 4 heterocycles. The number of aliphatic hydroxyl groups excluding tert-OH is 1. The van der Waals surface area contributed by atoms with Crippen LogP contribution in [0.5, 0.6) is 0 Å². The van der Waals surface area contributed by atoms with Crippen LogP contribution in [0.1, 0.15) is 23.1 Å². The number of likely N-dealkylation sites (N-methyl/N-ethyl adjacent to an activating group) is 1. The van der Waals surface area contributed by atoms with E-state index >= 15 is 0 Å². The van der Waals surface area contributed by atoms with Crippen molar-refractivity contribution in [2.75, 3.05) is 26.8 Å². The van der Waals surface area contributed by atoms with Gasteiger partial charge in [-0.25, -0.2) is 8.78 Å². The van der Waals surface area contributed by atoms with E-state index in [4.69, 9.17) is 9.47 Å². The molecule has 0 saturated carbocycles. The molecule has 10 heteroatoms. The van der Waals surface area contributed by atoms with Gasteiger partial charge < -0.3 is 24.4 Å². The minimum atomic E-state index is -1.23. The van der Waals surface area contributed by atoms with Crippen LogP contribution in [0.4, 0.5) is 8.78 Å². The van der Waals surface area contributed by atoms with Crippen LogP contribution in [0.15, 0.2) is 78.6 Å². The van der Waals surface area contributed by atoms with Crippen molar-refractivity contribution >= 4 is 11.5 Å². The molecular weight excluding hydrogens is 506 g/mol. The van der Waals surface area contributed by atoms with E-state index in [0.717, 1.165) is 11.6 Å². The number of nitrogens with zero attached hydrogens (tertiary/aromatic N) is 4. The van der Waals surface area contributed by atoms with E-state index in [9.17, 15) is 18.7 Å². The Labute approximate surface area is 224 Å². The van der Waals surface area contributed by atoms with Crippen LogP contribution in [-0.4, -0.2) is 69.0 Å². The van der Waals surface area contributed by atoms with Crippen LogP contribution in [0, 0.1) is 11.6 Å². The maximum Gasteiger partial charge on any atom is 0.274 e. The van der Waals surface area contributed by atoms with E-state index in [2.05, 4.69) is 5.10 Å². The van der Waals surface area contributed by atoms with E-state index in [-0.39, 0.29) is 30.4 Å². The summed E-state index contributed by atoms with van der Waals surface area (Å²) in [5.74, 6) is -1.38. The Bertz CT molecular complexity index is 1460. The number of carbonyl (C=O) groups excluding carboxylic acids is 1. The van der Waals surface area contributed by atoms with Gasteiger partial charge in [0.05, 0.1) is 24.9 Å². The minimum absolute atomic E-state index is 0.0847. The second kappa shape index (κ2) is 9.94. The van der Waals surface area contributed by atoms with Crippen molar-refractivity contribution < 1.29 is 28.2 Å². The van der Waals surface area contributed by atoms with Gasteiger partial charge in [0.2, 0.25) is 0 Å². The normalized spacial score (nSPS) is 22.9. The molecule has 6 rings (SSSR count). The molecular formula is C29H28F2N4O4. The molecule has 2 atom stereocenters. The van der Waals surface area contributed by atoms with Gasteiger partial charge in [0.1, 0.15) is 30.0 Å². The van der Waals surface area contributed by atoms with Crippen molar-refractivity contribution in [2.24, 2.45) is 0 Å². The molecule has 1 N–H and O–H groups in total. The van der Waals surface area contributed by atoms with Gasteiger partial charge in [0, 0.05) is 55.4 Å². The van der Waals surface area contributed by atoms with Gasteiger partial charge in [0.15, 0.2) is 5.76 Å². The maximum absolute atomic E-state index is 14.2. The fourth-order valence-corrected chi connectivity index (χ4v) is 5.39. The Morgan fingerprint density at radius 1 is 1.21 bits per heavy atom. The smallest absolute Gasteiger partial charge is 0.274 e. The number of hydrogen-bond donors (Lipinski definition) is 1. The molecule has 0 radical (unpaired) electrons. The van der Waals surface area contributed by atoms with Crippen LogP contribution in [-0.2, 0) is 27.4 Å². The van der Waals surface area contributed by atoms with E-state index in [1.165, 1.54) is 16.8 Å². The number of hydrogen-bond acceptors (Lipinski definition) is 6. The average molecular weight is 535 g/mol. The molecule has 8 nitrogen and oxygen atoms in total. The average Bonchev–Trinajstić information content (AvgIpc) is 3.60. The number of amides is 1. The summed E-state index contributed by atoms with van der Waals surface area (Å²) in [4.78, 5) is 17.2. The first-order valence-electron chi connectivity index (χ1n) is 12.7. The molecule has 1 spiro atoms.